The van der Waals surface area contributed by atoms with Gasteiger partial charge in [-0.15, -0.1) is 10.5 Å². The topological polar surface area (TPSA) is 47.3 Å². The molecule has 2 aromatic carbocycles. The zero-order valence-corrected chi connectivity index (χ0v) is 14.2. The van der Waals surface area contributed by atoms with Gasteiger partial charge in [-0.3, -0.25) is 0 Å². The first kappa shape index (κ1) is 17.0. The zero-order chi connectivity index (χ0) is 16.5. The van der Waals surface area contributed by atoms with E-state index in [1.807, 2.05) is 60.8 Å². The molecule has 0 spiro atoms. The maximum Gasteiger partial charge on any atom is 0.228 e. The summed E-state index contributed by atoms with van der Waals surface area (Å²) in [7, 11) is 0. The Labute approximate surface area is 142 Å². The van der Waals surface area contributed by atoms with Crippen molar-refractivity contribution in [1.29, 1.82) is 0 Å². The molecule has 4 nitrogen and oxygen atoms in total. The van der Waals surface area contributed by atoms with Crippen molar-refractivity contribution in [2.45, 2.75) is 13.8 Å². The van der Waals surface area contributed by atoms with Crippen LogP contribution < -0.4 is 20.6 Å². The molecule has 0 amide bonds. The van der Waals surface area contributed by atoms with Crippen molar-refractivity contribution in [2.24, 2.45) is 5.92 Å². The molecule has 0 aliphatic carbocycles. The highest BCUT2D eigenvalue weighted by molar-refractivity contribution is 7.80. The molecule has 2 aromatic rings. The molecule has 120 valence electrons. The summed E-state index contributed by atoms with van der Waals surface area (Å²) < 4.78 is 5.65. The lowest BCUT2D eigenvalue weighted by molar-refractivity contribution is -0.499. The van der Waals surface area contributed by atoms with Gasteiger partial charge in [-0.05, 0) is 54.5 Å². The van der Waals surface area contributed by atoms with E-state index in [0.717, 1.165) is 23.6 Å². The zero-order valence-electron chi connectivity index (χ0n) is 13.4. The molecule has 5 heteroatoms. The van der Waals surface area contributed by atoms with E-state index in [1.165, 1.54) is 0 Å². The lowest BCUT2D eigenvalue weighted by atomic mass is 10.2. The van der Waals surface area contributed by atoms with E-state index in [0.29, 0.717) is 11.0 Å². The SMILES string of the molecule is CC(C)COc1ccc(C=[NH+]NC(=S)Nc2ccccc2)cc1. The van der Waals surface area contributed by atoms with E-state index in [9.17, 15) is 0 Å². The first-order valence-electron chi connectivity index (χ1n) is 7.57. The number of anilines is 1. The summed E-state index contributed by atoms with van der Waals surface area (Å²) in [6.07, 6.45) is 1.84. The molecule has 0 aliphatic heterocycles. The minimum atomic E-state index is 0.504. The van der Waals surface area contributed by atoms with Crippen LogP contribution in [0.5, 0.6) is 5.75 Å². The highest BCUT2D eigenvalue weighted by atomic mass is 32.1. The fraction of sp³-hybridized carbons (Fsp3) is 0.222. The predicted octanol–water partition coefficient (Wildman–Crippen LogP) is 2.12. The summed E-state index contributed by atoms with van der Waals surface area (Å²) in [5.41, 5.74) is 4.89. The largest absolute Gasteiger partial charge is 0.493 e. The van der Waals surface area contributed by atoms with Crippen LogP contribution in [0.25, 0.3) is 0 Å². The molecule has 0 unspecified atom stereocenters. The van der Waals surface area contributed by atoms with Crippen LogP contribution in [-0.2, 0) is 0 Å². The van der Waals surface area contributed by atoms with E-state index in [2.05, 4.69) is 29.7 Å². The van der Waals surface area contributed by atoms with Crippen molar-refractivity contribution in [2.75, 3.05) is 11.9 Å². The number of para-hydroxylation sites is 1. The summed E-state index contributed by atoms with van der Waals surface area (Å²) in [6.45, 7) is 4.98. The quantitative estimate of drug-likeness (QED) is 0.432. The Hall–Kier alpha value is -2.40. The second-order valence-corrected chi connectivity index (χ2v) is 5.92. The third-order valence-corrected chi connectivity index (χ3v) is 3.12. The Morgan fingerprint density at radius 2 is 1.83 bits per heavy atom. The average Bonchev–Trinajstić information content (AvgIpc) is 2.55. The standard InChI is InChI=1S/C18H21N3OS/c1-14(2)13-22-17-10-8-15(9-11-17)12-19-21-18(23)20-16-6-4-3-5-7-16/h3-12,14H,13H2,1-2H3,(H2,20,21,23)/p+1. The number of hydrogen-bond acceptors (Lipinski definition) is 2. The molecule has 3 N–H and O–H groups in total. The Bertz CT molecular complexity index is 639. The molecule has 0 heterocycles. The molecule has 0 saturated heterocycles. The maximum absolute atomic E-state index is 5.65. The summed E-state index contributed by atoms with van der Waals surface area (Å²) in [5, 5.41) is 6.56. The van der Waals surface area contributed by atoms with Crippen molar-refractivity contribution in [3.8, 4) is 5.75 Å². The molecule has 0 aliphatic rings. The average molecular weight is 328 g/mol. The van der Waals surface area contributed by atoms with Crippen molar-refractivity contribution in [3.05, 3.63) is 60.2 Å². The fourth-order valence-electron chi connectivity index (χ4n) is 1.79. The lowest BCUT2D eigenvalue weighted by Crippen LogP contribution is -2.82. The monoisotopic (exact) mass is 328 g/mol. The van der Waals surface area contributed by atoms with E-state index >= 15 is 0 Å². The van der Waals surface area contributed by atoms with Gasteiger partial charge < -0.3 is 10.1 Å². The van der Waals surface area contributed by atoms with Gasteiger partial charge in [0.05, 0.1) is 6.61 Å². The number of hydrazine groups is 1. The molecule has 2 rings (SSSR count). The maximum atomic E-state index is 5.65. The minimum Gasteiger partial charge on any atom is -0.493 e. The van der Waals surface area contributed by atoms with Gasteiger partial charge in [0.25, 0.3) is 0 Å². The third kappa shape index (κ3) is 6.48. The number of hydrogen-bond donors (Lipinski definition) is 3. The Kier molecular flexibility index (Phi) is 6.56. The van der Waals surface area contributed by atoms with Crippen molar-refractivity contribution in [3.63, 3.8) is 0 Å². The number of ether oxygens (including phenoxy) is 1. The van der Waals surface area contributed by atoms with Gasteiger partial charge in [0.15, 0.2) is 6.21 Å². The van der Waals surface area contributed by atoms with Gasteiger partial charge in [0.2, 0.25) is 5.11 Å². The molecular formula is C18H22N3OS+. The number of thiocarbonyl (C=S) groups is 1. The molecule has 0 atom stereocenters. The van der Waals surface area contributed by atoms with Crippen LogP contribution in [0.3, 0.4) is 0 Å². The second-order valence-electron chi connectivity index (χ2n) is 5.51. The van der Waals surface area contributed by atoms with Gasteiger partial charge in [-0.2, -0.15) is 0 Å². The van der Waals surface area contributed by atoms with Crippen LogP contribution in [0.2, 0.25) is 0 Å². The molecule has 0 aromatic heterocycles. The van der Waals surface area contributed by atoms with Crippen molar-refractivity contribution >= 4 is 29.2 Å². The normalized spacial score (nSPS) is 10.7. The predicted molar refractivity (Wildman–Crippen MR) is 98.7 cm³/mol. The summed E-state index contributed by atoms with van der Waals surface area (Å²) in [6, 6.07) is 17.6. The van der Waals surface area contributed by atoms with E-state index in [-0.39, 0.29) is 0 Å². The van der Waals surface area contributed by atoms with Crippen molar-refractivity contribution in [1.82, 2.24) is 5.43 Å². The number of hydrazone groups is 1. The third-order valence-electron chi connectivity index (χ3n) is 2.92. The summed E-state index contributed by atoms with van der Waals surface area (Å²) >= 11 is 5.21. The van der Waals surface area contributed by atoms with Crippen LogP contribution in [0, 0.1) is 5.92 Å². The van der Waals surface area contributed by atoms with Gasteiger partial charge in [0.1, 0.15) is 5.75 Å². The van der Waals surface area contributed by atoms with Gasteiger partial charge >= 0.3 is 0 Å². The van der Waals surface area contributed by atoms with Crippen molar-refractivity contribution < 1.29 is 9.84 Å². The van der Waals surface area contributed by atoms with E-state index < -0.39 is 0 Å². The van der Waals surface area contributed by atoms with Crippen LogP contribution in [0.1, 0.15) is 19.4 Å². The summed E-state index contributed by atoms with van der Waals surface area (Å²) in [5.74, 6) is 1.40. The molecule has 0 fully saturated rings. The Morgan fingerprint density at radius 3 is 2.48 bits per heavy atom. The lowest BCUT2D eigenvalue weighted by Gasteiger charge is -2.07. The number of benzene rings is 2. The number of rotatable bonds is 6. The highest BCUT2D eigenvalue weighted by Gasteiger charge is 1.99. The van der Waals surface area contributed by atoms with Gasteiger partial charge in [0, 0.05) is 11.3 Å². The Balaban J connectivity index is 1.80. The molecule has 0 saturated carbocycles. The number of nitrogens with one attached hydrogen (secondary N) is 3. The van der Waals surface area contributed by atoms with Gasteiger partial charge in [-0.1, -0.05) is 32.0 Å². The van der Waals surface area contributed by atoms with Gasteiger partial charge in [-0.25, -0.2) is 0 Å². The minimum absolute atomic E-state index is 0.504. The van der Waals surface area contributed by atoms with E-state index in [1.54, 1.807) is 0 Å². The second kappa shape index (κ2) is 8.90. The summed E-state index contributed by atoms with van der Waals surface area (Å²) in [4.78, 5) is 0. The van der Waals surface area contributed by atoms with Crippen LogP contribution in [0.4, 0.5) is 5.69 Å². The van der Waals surface area contributed by atoms with E-state index in [4.69, 9.17) is 17.0 Å². The molecular weight excluding hydrogens is 306 g/mol. The first-order chi connectivity index (χ1) is 11.1. The van der Waals surface area contributed by atoms with Crippen LogP contribution in [0.15, 0.2) is 54.6 Å². The molecule has 23 heavy (non-hydrogen) atoms. The molecule has 0 bridgehead atoms. The van der Waals surface area contributed by atoms with Crippen LogP contribution in [-0.4, -0.2) is 17.9 Å². The Morgan fingerprint density at radius 1 is 1.13 bits per heavy atom. The smallest absolute Gasteiger partial charge is 0.228 e. The van der Waals surface area contributed by atoms with Crippen LogP contribution >= 0.6 is 12.2 Å². The fourth-order valence-corrected chi connectivity index (χ4v) is 1.97. The first-order valence-corrected chi connectivity index (χ1v) is 7.98. The molecule has 0 radical (unpaired) electrons. The highest BCUT2D eigenvalue weighted by Crippen LogP contribution is 2.11.